The summed E-state index contributed by atoms with van der Waals surface area (Å²) < 4.78 is 12.2. The Morgan fingerprint density at radius 3 is 2.33 bits per heavy atom. The van der Waals surface area contributed by atoms with Gasteiger partial charge in [0.05, 0.1) is 0 Å². The molecule has 0 saturated heterocycles. The van der Waals surface area contributed by atoms with Gasteiger partial charge in [0.25, 0.3) is 0 Å². The summed E-state index contributed by atoms with van der Waals surface area (Å²) in [7, 11) is 0. The van der Waals surface area contributed by atoms with E-state index in [0.717, 1.165) is 0 Å². The summed E-state index contributed by atoms with van der Waals surface area (Å²) in [5, 5.41) is 0. The zero-order valence-electron chi connectivity index (χ0n) is 4.64. The predicted molar refractivity (Wildman–Crippen MR) is 35.0 cm³/mol. The number of rotatable bonds is 1. The van der Waals surface area contributed by atoms with Crippen molar-refractivity contribution in [1.82, 2.24) is 0 Å². The summed E-state index contributed by atoms with van der Waals surface area (Å²) in [5.41, 5.74) is -0.907. The zero-order chi connectivity index (χ0) is 6.69. The third kappa shape index (κ3) is 1.68. The van der Waals surface area contributed by atoms with Crippen molar-refractivity contribution in [2.45, 2.75) is 5.63 Å². The van der Waals surface area contributed by atoms with Crippen LogP contribution in [0.3, 0.4) is 0 Å². The summed E-state index contributed by atoms with van der Waals surface area (Å²) >= 11 is 5.12. The highest BCUT2D eigenvalue weighted by molar-refractivity contribution is 6.19. The average molecular weight is 144 g/mol. The van der Waals surface area contributed by atoms with Crippen LogP contribution in [0.25, 0.3) is 0 Å². The molecule has 0 aliphatic heterocycles. The van der Waals surface area contributed by atoms with Gasteiger partial charge in [-0.15, -0.1) is 0 Å². The highest BCUT2D eigenvalue weighted by Crippen LogP contribution is 2.19. The molecule has 1 radical (unpaired) electrons. The lowest BCUT2D eigenvalue weighted by molar-refractivity contribution is 0.460. The van der Waals surface area contributed by atoms with Gasteiger partial charge in [0.2, 0.25) is 0 Å². The Hall–Kier alpha value is -0.560. The zero-order valence-corrected chi connectivity index (χ0v) is 5.40. The fraction of sp³-hybridized carbons (Fsp3) is 0.143. The molecule has 0 spiro atoms. The van der Waals surface area contributed by atoms with Gasteiger partial charge in [-0.3, -0.25) is 0 Å². The minimum Gasteiger partial charge on any atom is -0.225 e. The molecule has 0 aliphatic rings. The Kier molecular flexibility index (Phi) is 2.06. The molecule has 0 saturated carbocycles. The van der Waals surface area contributed by atoms with Crippen molar-refractivity contribution in [3.05, 3.63) is 35.9 Å². The fourth-order valence-electron chi connectivity index (χ4n) is 0.545. The van der Waals surface area contributed by atoms with Crippen molar-refractivity contribution in [3.8, 4) is 0 Å². The first kappa shape index (κ1) is 6.56. The molecule has 0 aliphatic carbocycles. The van der Waals surface area contributed by atoms with E-state index in [0.29, 0.717) is 5.56 Å². The van der Waals surface area contributed by atoms with E-state index in [1.165, 1.54) is 0 Å². The lowest BCUT2D eigenvalue weighted by Crippen LogP contribution is -1.78. The van der Waals surface area contributed by atoms with E-state index in [1.807, 2.05) is 0 Å². The van der Waals surface area contributed by atoms with E-state index in [1.54, 1.807) is 24.3 Å². The maximum absolute atomic E-state index is 12.2. The van der Waals surface area contributed by atoms with E-state index < -0.39 is 5.63 Å². The van der Waals surface area contributed by atoms with Gasteiger partial charge in [-0.2, -0.15) is 0 Å². The maximum atomic E-state index is 12.2. The third-order valence-corrected chi connectivity index (χ3v) is 1.25. The van der Waals surface area contributed by atoms with Crippen molar-refractivity contribution in [1.29, 1.82) is 0 Å². The first-order valence-corrected chi connectivity index (χ1v) is 2.98. The average Bonchev–Trinajstić information content (AvgIpc) is 1.90. The standard InChI is InChI=1S/C7H5ClF/c8-7(9)6-4-2-1-3-5-6/h2-5,7H. The van der Waals surface area contributed by atoms with Crippen LogP contribution in [0.5, 0.6) is 0 Å². The minimum atomic E-state index is -1.39. The second-order valence-corrected chi connectivity index (χ2v) is 2.02. The monoisotopic (exact) mass is 143 g/mol. The quantitative estimate of drug-likeness (QED) is 0.531. The molecule has 0 fully saturated rings. The van der Waals surface area contributed by atoms with Crippen LogP contribution in [0.2, 0.25) is 0 Å². The number of alkyl halides is 2. The number of hydrogen-bond acceptors (Lipinski definition) is 0. The molecule has 1 unspecified atom stereocenters. The molecule has 1 rings (SSSR count). The third-order valence-electron chi connectivity index (χ3n) is 0.996. The van der Waals surface area contributed by atoms with Crippen molar-refractivity contribution < 1.29 is 4.39 Å². The van der Waals surface area contributed by atoms with Crippen molar-refractivity contribution in [3.63, 3.8) is 0 Å². The lowest BCUT2D eigenvalue weighted by Gasteiger charge is -1.95. The number of halogens is 2. The van der Waals surface area contributed by atoms with E-state index in [4.69, 9.17) is 11.6 Å². The summed E-state index contributed by atoms with van der Waals surface area (Å²) in [6.07, 6.45) is 0. The summed E-state index contributed by atoms with van der Waals surface area (Å²) in [6.45, 7) is 0. The van der Waals surface area contributed by atoms with E-state index in [-0.39, 0.29) is 0 Å². The van der Waals surface area contributed by atoms with Crippen molar-refractivity contribution >= 4 is 11.6 Å². The molecule has 0 bridgehead atoms. The van der Waals surface area contributed by atoms with Crippen LogP contribution in [0.15, 0.2) is 24.3 Å². The van der Waals surface area contributed by atoms with Gasteiger partial charge in [-0.25, -0.2) is 4.39 Å². The van der Waals surface area contributed by atoms with E-state index >= 15 is 0 Å². The Balaban J connectivity index is 2.85. The number of hydrogen-bond donors (Lipinski definition) is 0. The van der Waals surface area contributed by atoms with Crippen LogP contribution in [0.4, 0.5) is 4.39 Å². The van der Waals surface area contributed by atoms with Gasteiger partial charge in [0.1, 0.15) is 0 Å². The summed E-state index contributed by atoms with van der Waals surface area (Å²) in [6, 6.07) is 9.21. The van der Waals surface area contributed by atoms with Crippen LogP contribution in [0, 0.1) is 6.07 Å². The molecule has 1 aromatic carbocycles. The first-order valence-electron chi connectivity index (χ1n) is 2.55. The largest absolute Gasteiger partial charge is 0.225 e. The van der Waals surface area contributed by atoms with E-state index in [2.05, 4.69) is 6.07 Å². The van der Waals surface area contributed by atoms with Crippen LogP contribution >= 0.6 is 11.6 Å². The molecule has 1 atom stereocenters. The lowest BCUT2D eigenvalue weighted by atomic mass is 10.2. The SMILES string of the molecule is FC(Cl)c1cc[c]cc1. The predicted octanol–water partition coefficient (Wildman–Crippen LogP) is 2.69. The topological polar surface area (TPSA) is 0 Å². The fourth-order valence-corrected chi connectivity index (χ4v) is 0.691. The Bertz CT molecular complexity index is 172. The van der Waals surface area contributed by atoms with Crippen molar-refractivity contribution in [2.75, 3.05) is 0 Å². The second-order valence-electron chi connectivity index (χ2n) is 1.63. The molecule has 0 heterocycles. The smallest absolute Gasteiger partial charge is 0.198 e. The number of benzene rings is 1. The molecule has 0 aromatic heterocycles. The Morgan fingerprint density at radius 1 is 1.44 bits per heavy atom. The van der Waals surface area contributed by atoms with E-state index in [9.17, 15) is 4.39 Å². The normalized spacial score (nSPS) is 13.1. The van der Waals surface area contributed by atoms with Gasteiger partial charge < -0.3 is 0 Å². The highest BCUT2D eigenvalue weighted by atomic mass is 35.5. The van der Waals surface area contributed by atoms with Gasteiger partial charge >= 0.3 is 0 Å². The van der Waals surface area contributed by atoms with Gasteiger partial charge in [-0.1, -0.05) is 35.9 Å². The van der Waals surface area contributed by atoms with Gasteiger partial charge in [-0.05, 0) is 6.07 Å². The summed E-state index contributed by atoms with van der Waals surface area (Å²) in [5.74, 6) is 0. The molecule has 47 valence electrons. The van der Waals surface area contributed by atoms with Gasteiger partial charge in [0.15, 0.2) is 5.63 Å². The van der Waals surface area contributed by atoms with Crippen LogP contribution in [-0.2, 0) is 0 Å². The molecule has 0 nitrogen and oxygen atoms in total. The minimum absolute atomic E-state index is 0.482. The first-order chi connectivity index (χ1) is 4.30. The maximum Gasteiger partial charge on any atom is 0.198 e. The molecule has 0 N–H and O–H groups in total. The molecule has 9 heavy (non-hydrogen) atoms. The van der Waals surface area contributed by atoms with Crippen LogP contribution < -0.4 is 0 Å². The molecule has 1 aromatic rings. The highest BCUT2D eigenvalue weighted by Gasteiger charge is 2.00. The van der Waals surface area contributed by atoms with Crippen LogP contribution in [0.1, 0.15) is 11.2 Å². The second kappa shape index (κ2) is 2.83. The molecule has 2 heteroatoms. The Labute approximate surface area is 58.3 Å². The summed E-state index contributed by atoms with van der Waals surface area (Å²) in [4.78, 5) is 0. The van der Waals surface area contributed by atoms with Crippen molar-refractivity contribution in [2.24, 2.45) is 0 Å². The molecule has 0 amide bonds. The van der Waals surface area contributed by atoms with Crippen LogP contribution in [-0.4, -0.2) is 0 Å². The van der Waals surface area contributed by atoms with Gasteiger partial charge in [0, 0.05) is 5.56 Å². The molecular formula is C7H5ClF. The Morgan fingerprint density at radius 2 is 2.00 bits per heavy atom. The molecular weight excluding hydrogens is 139 g/mol.